The van der Waals surface area contributed by atoms with Crippen LogP contribution in [-0.4, -0.2) is 12.2 Å². The van der Waals surface area contributed by atoms with Gasteiger partial charge in [0.25, 0.3) is 0 Å². The lowest BCUT2D eigenvalue weighted by molar-refractivity contribution is 0.249. The molecule has 1 unspecified atom stereocenters. The standard InChI is InChI=1S/C19H17N3O2/c1-12(11-21-22-19(20)24)14-8-9-17-15(10-14)7-6-13-4-2-3-5-16(13)18(17)23/h2-12H,1H3,(H3,20,22,24). The molecule has 5 heteroatoms. The lowest BCUT2D eigenvalue weighted by Crippen LogP contribution is -2.24. The SMILES string of the molecule is CC(C=NNC(N)=O)c1ccc2c(=O)c3ccccc3ccc2c1. The Morgan fingerprint density at radius 2 is 1.79 bits per heavy atom. The molecular weight excluding hydrogens is 302 g/mol. The minimum atomic E-state index is -0.702. The topological polar surface area (TPSA) is 84.5 Å². The molecule has 0 spiro atoms. The van der Waals surface area contributed by atoms with Gasteiger partial charge in [0.05, 0.1) is 0 Å². The third-order valence-electron chi connectivity index (χ3n) is 3.97. The lowest BCUT2D eigenvalue weighted by Gasteiger charge is -2.06. The van der Waals surface area contributed by atoms with Gasteiger partial charge >= 0.3 is 6.03 Å². The highest BCUT2D eigenvalue weighted by Crippen LogP contribution is 2.20. The van der Waals surface area contributed by atoms with E-state index >= 15 is 0 Å². The quantitative estimate of drug-likeness (QED) is 0.574. The van der Waals surface area contributed by atoms with Gasteiger partial charge < -0.3 is 5.73 Å². The first-order valence-electron chi connectivity index (χ1n) is 7.60. The molecule has 0 aromatic heterocycles. The average molecular weight is 319 g/mol. The number of fused-ring (bicyclic) bond motifs is 2. The lowest BCUT2D eigenvalue weighted by atomic mass is 9.99. The number of nitrogens with two attached hydrogens (primary N) is 1. The highest BCUT2D eigenvalue weighted by Gasteiger charge is 2.06. The van der Waals surface area contributed by atoms with Crippen LogP contribution in [0.2, 0.25) is 0 Å². The van der Waals surface area contributed by atoms with Crippen LogP contribution in [0.3, 0.4) is 0 Å². The first-order chi connectivity index (χ1) is 11.6. The second-order valence-corrected chi connectivity index (χ2v) is 5.64. The number of benzene rings is 2. The van der Waals surface area contributed by atoms with E-state index in [1.165, 1.54) is 0 Å². The van der Waals surface area contributed by atoms with E-state index in [1.807, 2.05) is 61.5 Å². The van der Waals surface area contributed by atoms with Crippen LogP contribution in [0.1, 0.15) is 18.4 Å². The highest BCUT2D eigenvalue weighted by atomic mass is 16.2. The monoisotopic (exact) mass is 319 g/mol. The first-order valence-corrected chi connectivity index (χ1v) is 7.60. The summed E-state index contributed by atoms with van der Waals surface area (Å²) in [6, 6.07) is 16.5. The number of primary amides is 1. The maximum Gasteiger partial charge on any atom is 0.332 e. The van der Waals surface area contributed by atoms with Gasteiger partial charge in [-0.05, 0) is 16.3 Å². The molecule has 3 aromatic rings. The number of hydrazone groups is 1. The number of hydrogen-bond acceptors (Lipinski definition) is 3. The number of amides is 2. The minimum Gasteiger partial charge on any atom is -0.350 e. The van der Waals surface area contributed by atoms with E-state index in [0.29, 0.717) is 10.8 Å². The molecule has 5 nitrogen and oxygen atoms in total. The molecule has 3 aromatic carbocycles. The van der Waals surface area contributed by atoms with E-state index < -0.39 is 6.03 Å². The largest absolute Gasteiger partial charge is 0.350 e. The Morgan fingerprint density at radius 3 is 2.58 bits per heavy atom. The van der Waals surface area contributed by atoms with E-state index in [1.54, 1.807) is 6.21 Å². The van der Waals surface area contributed by atoms with E-state index in [0.717, 1.165) is 16.3 Å². The van der Waals surface area contributed by atoms with Crippen LogP contribution in [-0.2, 0) is 0 Å². The van der Waals surface area contributed by atoms with Gasteiger partial charge in [0.1, 0.15) is 0 Å². The molecule has 1 atom stereocenters. The smallest absolute Gasteiger partial charge is 0.332 e. The van der Waals surface area contributed by atoms with Crippen LogP contribution >= 0.6 is 0 Å². The van der Waals surface area contributed by atoms with Gasteiger partial charge in [0.15, 0.2) is 5.43 Å². The maximum atomic E-state index is 12.7. The molecule has 24 heavy (non-hydrogen) atoms. The Kier molecular flexibility index (Phi) is 4.24. The van der Waals surface area contributed by atoms with Gasteiger partial charge in [0.2, 0.25) is 0 Å². The molecule has 0 radical (unpaired) electrons. The van der Waals surface area contributed by atoms with Crippen molar-refractivity contribution in [1.29, 1.82) is 0 Å². The zero-order chi connectivity index (χ0) is 17.1. The number of carbonyl (C=O) groups excluding carboxylic acids is 1. The number of rotatable bonds is 3. The predicted octanol–water partition coefficient (Wildman–Crippen LogP) is 3.11. The van der Waals surface area contributed by atoms with Gasteiger partial charge in [-0.25, -0.2) is 10.2 Å². The molecule has 0 fully saturated rings. The van der Waals surface area contributed by atoms with Crippen molar-refractivity contribution in [3.05, 3.63) is 70.4 Å². The molecule has 120 valence electrons. The van der Waals surface area contributed by atoms with Gasteiger partial charge in [-0.3, -0.25) is 4.79 Å². The third kappa shape index (κ3) is 3.10. The van der Waals surface area contributed by atoms with Crippen molar-refractivity contribution in [1.82, 2.24) is 5.43 Å². The van der Waals surface area contributed by atoms with Crippen LogP contribution in [0, 0.1) is 0 Å². The number of urea groups is 1. The summed E-state index contributed by atoms with van der Waals surface area (Å²) in [7, 11) is 0. The van der Waals surface area contributed by atoms with Crippen LogP contribution in [0.15, 0.2) is 64.5 Å². The van der Waals surface area contributed by atoms with Crippen LogP contribution < -0.4 is 16.6 Å². The second kappa shape index (κ2) is 6.50. The summed E-state index contributed by atoms with van der Waals surface area (Å²) >= 11 is 0. The molecular formula is C19H17N3O2. The van der Waals surface area contributed by atoms with Crippen molar-refractivity contribution in [2.45, 2.75) is 12.8 Å². The van der Waals surface area contributed by atoms with E-state index in [9.17, 15) is 9.59 Å². The molecule has 3 N–H and O–H groups in total. The Bertz CT molecular complexity index is 1010. The van der Waals surface area contributed by atoms with Gasteiger partial charge in [0, 0.05) is 22.9 Å². The number of nitrogens with one attached hydrogen (secondary N) is 1. The van der Waals surface area contributed by atoms with Crippen molar-refractivity contribution < 1.29 is 4.79 Å². The van der Waals surface area contributed by atoms with Gasteiger partial charge in [-0.2, -0.15) is 5.10 Å². The summed E-state index contributed by atoms with van der Waals surface area (Å²) in [6.07, 6.45) is 1.60. The van der Waals surface area contributed by atoms with Crippen molar-refractivity contribution >= 4 is 33.8 Å². The first kappa shape index (κ1) is 15.7. The summed E-state index contributed by atoms with van der Waals surface area (Å²) in [5.41, 5.74) is 8.16. The van der Waals surface area contributed by atoms with Crippen LogP contribution in [0.5, 0.6) is 0 Å². The Balaban J connectivity index is 2.09. The molecule has 0 aliphatic rings. The van der Waals surface area contributed by atoms with E-state index in [2.05, 4.69) is 10.5 Å². The second-order valence-electron chi connectivity index (χ2n) is 5.64. The number of hydrogen-bond donors (Lipinski definition) is 2. The zero-order valence-corrected chi connectivity index (χ0v) is 13.2. The predicted molar refractivity (Wildman–Crippen MR) is 97.4 cm³/mol. The molecule has 0 bridgehead atoms. The normalized spacial score (nSPS) is 12.5. The van der Waals surface area contributed by atoms with E-state index in [-0.39, 0.29) is 11.3 Å². The summed E-state index contributed by atoms with van der Waals surface area (Å²) in [5, 5.41) is 6.97. The molecule has 2 amide bonds. The van der Waals surface area contributed by atoms with E-state index in [4.69, 9.17) is 5.73 Å². The van der Waals surface area contributed by atoms with Crippen molar-refractivity contribution in [2.75, 3.05) is 0 Å². The van der Waals surface area contributed by atoms with Crippen LogP contribution in [0.4, 0.5) is 4.79 Å². The van der Waals surface area contributed by atoms with Crippen molar-refractivity contribution in [3.63, 3.8) is 0 Å². The zero-order valence-electron chi connectivity index (χ0n) is 13.2. The fourth-order valence-corrected chi connectivity index (χ4v) is 2.68. The summed E-state index contributed by atoms with van der Waals surface area (Å²) in [5.74, 6) is -0.0312. The molecule has 0 aliphatic heterocycles. The molecule has 3 rings (SSSR count). The Morgan fingerprint density at radius 1 is 1.08 bits per heavy atom. The van der Waals surface area contributed by atoms with Crippen LogP contribution in [0.25, 0.3) is 21.5 Å². The average Bonchev–Trinajstić information content (AvgIpc) is 2.72. The fraction of sp³-hybridized carbons (Fsp3) is 0.105. The summed E-state index contributed by atoms with van der Waals surface area (Å²) in [4.78, 5) is 23.4. The maximum absolute atomic E-state index is 12.7. The Hall–Kier alpha value is -3.21. The molecule has 0 aliphatic carbocycles. The number of nitrogens with zero attached hydrogens (tertiary/aromatic N) is 1. The third-order valence-corrected chi connectivity index (χ3v) is 3.97. The summed E-state index contributed by atoms with van der Waals surface area (Å²) < 4.78 is 0. The highest BCUT2D eigenvalue weighted by molar-refractivity contribution is 5.93. The summed E-state index contributed by atoms with van der Waals surface area (Å²) in [6.45, 7) is 1.95. The molecule has 0 saturated heterocycles. The molecule has 0 heterocycles. The van der Waals surface area contributed by atoms with Gasteiger partial charge in [-0.1, -0.05) is 61.5 Å². The van der Waals surface area contributed by atoms with Gasteiger partial charge in [-0.15, -0.1) is 0 Å². The van der Waals surface area contributed by atoms with Crippen molar-refractivity contribution in [2.24, 2.45) is 10.8 Å². The molecule has 0 saturated carbocycles. The number of carbonyl (C=O) groups is 1. The fourth-order valence-electron chi connectivity index (χ4n) is 2.68. The minimum absolute atomic E-state index is 0.0221. The Labute approximate surface area is 138 Å². The van der Waals surface area contributed by atoms with Crippen molar-refractivity contribution in [3.8, 4) is 0 Å².